The number of benzene rings is 1. The molecule has 0 spiro atoms. The fraction of sp³-hybridized carbons (Fsp3) is 0.167. The largest absolute Gasteiger partial charge is 0.399 e. The number of carbonyl (C=O) groups is 1. The van der Waals surface area contributed by atoms with Gasteiger partial charge in [0, 0.05) is 22.4 Å². The van der Waals surface area contributed by atoms with Gasteiger partial charge in [0.2, 0.25) is 5.91 Å². The van der Waals surface area contributed by atoms with Gasteiger partial charge >= 0.3 is 0 Å². The molecule has 0 aliphatic heterocycles. The number of thiazole rings is 1. The van der Waals surface area contributed by atoms with E-state index in [1.807, 2.05) is 12.3 Å². The number of hydrogen-bond acceptors (Lipinski definition) is 5. The van der Waals surface area contributed by atoms with Crippen molar-refractivity contribution in [3.8, 4) is 0 Å². The number of nitrogens with two attached hydrogens (primary N) is 1. The first-order valence-corrected chi connectivity index (χ1v) is 7.20. The molecule has 0 saturated carbocycles. The van der Waals surface area contributed by atoms with E-state index in [4.69, 9.17) is 5.73 Å². The van der Waals surface area contributed by atoms with Crippen LogP contribution in [-0.4, -0.2) is 16.6 Å². The molecule has 4 nitrogen and oxygen atoms in total. The number of carbonyl (C=O) groups excluding carboxylic acids is 1. The predicted molar refractivity (Wildman–Crippen MR) is 77.1 cm³/mol. The van der Waals surface area contributed by atoms with Crippen molar-refractivity contribution in [3.05, 3.63) is 35.3 Å². The zero-order valence-electron chi connectivity index (χ0n) is 9.84. The van der Waals surface area contributed by atoms with Gasteiger partial charge in [-0.25, -0.2) is 4.98 Å². The van der Waals surface area contributed by atoms with Crippen LogP contribution >= 0.6 is 23.1 Å². The number of aryl methyl sites for hydroxylation is 1. The Morgan fingerprint density at radius 3 is 2.78 bits per heavy atom. The molecule has 0 aliphatic rings. The van der Waals surface area contributed by atoms with E-state index in [1.54, 1.807) is 35.6 Å². The third kappa shape index (κ3) is 3.75. The van der Waals surface area contributed by atoms with E-state index >= 15 is 0 Å². The lowest BCUT2D eigenvalue weighted by Gasteiger charge is -2.04. The molecule has 18 heavy (non-hydrogen) atoms. The zero-order chi connectivity index (χ0) is 13.0. The van der Waals surface area contributed by atoms with Crippen LogP contribution in [0.15, 0.2) is 34.0 Å². The van der Waals surface area contributed by atoms with Crippen LogP contribution in [0.25, 0.3) is 0 Å². The van der Waals surface area contributed by atoms with Crippen molar-refractivity contribution in [2.24, 2.45) is 0 Å². The van der Waals surface area contributed by atoms with Crippen molar-refractivity contribution < 1.29 is 4.79 Å². The summed E-state index contributed by atoms with van der Waals surface area (Å²) in [5, 5.41) is 4.78. The molecule has 3 N–H and O–H groups in total. The van der Waals surface area contributed by atoms with Crippen LogP contribution in [0.2, 0.25) is 0 Å². The third-order valence-corrected chi connectivity index (χ3v) is 4.26. The number of thioether (sulfide) groups is 1. The van der Waals surface area contributed by atoms with Crippen LogP contribution in [0.5, 0.6) is 0 Å². The topological polar surface area (TPSA) is 68.0 Å². The number of rotatable bonds is 4. The van der Waals surface area contributed by atoms with E-state index in [1.165, 1.54) is 11.8 Å². The molecule has 1 aromatic heterocycles. The first-order chi connectivity index (χ1) is 8.63. The Kier molecular flexibility index (Phi) is 4.22. The van der Waals surface area contributed by atoms with Gasteiger partial charge < -0.3 is 11.1 Å². The highest BCUT2D eigenvalue weighted by Gasteiger charge is 2.05. The van der Waals surface area contributed by atoms with Gasteiger partial charge in [-0.1, -0.05) is 11.8 Å². The van der Waals surface area contributed by atoms with Gasteiger partial charge in [0.15, 0.2) is 4.34 Å². The lowest BCUT2D eigenvalue weighted by molar-refractivity contribution is -0.113. The molecule has 0 atom stereocenters. The maximum Gasteiger partial charge on any atom is 0.234 e. The van der Waals surface area contributed by atoms with Crippen molar-refractivity contribution in [2.45, 2.75) is 11.3 Å². The Hall–Kier alpha value is -1.53. The summed E-state index contributed by atoms with van der Waals surface area (Å²) in [7, 11) is 0. The Morgan fingerprint density at radius 2 is 2.17 bits per heavy atom. The molecule has 2 aromatic rings. The standard InChI is InChI=1S/C12H13N3OS2/c1-8-6-17-12(14-8)18-7-11(16)15-10-4-2-9(13)3-5-10/h2-6H,7,13H2,1H3,(H,15,16). The van der Waals surface area contributed by atoms with Crippen LogP contribution in [0.1, 0.15) is 5.69 Å². The Balaban J connectivity index is 1.83. The lowest BCUT2D eigenvalue weighted by Crippen LogP contribution is -2.13. The second kappa shape index (κ2) is 5.88. The maximum absolute atomic E-state index is 11.7. The van der Waals surface area contributed by atoms with Crippen LogP contribution in [0, 0.1) is 6.92 Å². The fourth-order valence-corrected chi connectivity index (χ4v) is 2.94. The van der Waals surface area contributed by atoms with Crippen LogP contribution in [0.4, 0.5) is 11.4 Å². The summed E-state index contributed by atoms with van der Waals surface area (Å²) < 4.78 is 0.917. The Bertz CT molecular complexity index is 537. The normalized spacial score (nSPS) is 10.3. The predicted octanol–water partition coefficient (Wildman–Crippen LogP) is 2.76. The highest BCUT2D eigenvalue weighted by Crippen LogP contribution is 2.22. The van der Waals surface area contributed by atoms with E-state index < -0.39 is 0 Å². The highest BCUT2D eigenvalue weighted by atomic mass is 32.2. The summed E-state index contributed by atoms with van der Waals surface area (Å²) >= 11 is 3.00. The number of nitrogens with one attached hydrogen (secondary N) is 1. The van der Waals surface area contributed by atoms with Gasteiger partial charge in [0.1, 0.15) is 0 Å². The van der Waals surface area contributed by atoms with Gasteiger partial charge in [-0.3, -0.25) is 4.79 Å². The molecule has 0 radical (unpaired) electrons. The fourth-order valence-electron chi connectivity index (χ4n) is 1.29. The molecule has 1 aromatic carbocycles. The summed E-state index contributed by atoms with van der Waals surface area (Å²) in [5.41, 5.74) is 7.99. The molecule has 6 heteroatoms. The van der Waals surface area contributed by atoms with Crippen molar-refractivity contribution in [2.75, 3.05) is 16.8 Å². The number of nitrogens with zero attached hydrogens (tertiary/aromatic N) is 1. The van der Waals surface area contributed by atoms with Crippen molar-refractivity contribution >= 4 is 40.4 Å². The minimum Gasteiger partial charge on any atom is -0.399 e. The molecule has 0 fully saturated rings. The number of aromatic nitrogens is 1. The number of hydrogen-bond donors (Lipinski definition) is 2. The minimum absolute atomic E-state index is 0.0439. The van der Waals surface area contributed by atoms with Crippen LogP contribution < -0.4 is 11.1 Å². The van der Waals surface area contributed by atoms with Crippen LogP contribution in [-0.2, 0) is 4.79 Å². The lowest BCUT2D eigenvalue weighted by atomic mass is 10.3. The second-order valence-corrected chi connectivity index (χ2v) is 5.79. The van der Waals surface area contributed by atoms with E-state index in [0.717, 1.165) is 15.7 Å². The molecule has 0 unspecified atom stereocenters. The summed E-state index contributed by atoms with van der Waals surface area (Å²) in [6.45, 7) is 1.94. The van der Waals surface area contributed by atoms with Crippen molar-refractivity contribution in [3.63, 3.8) is 0 Å². The summed E-state index contributed by atoms with van der Waals surface area (Å²) in [4.78, 5) is 16.0. The molecule has 94 valence electrons. The minimum atomic E-state index is -0.0439. The third-order valence-electron chi connectivity index (χ3n) is 2.12. The number of amides is 1. The van der Waals surface area contributed by atoms with Gasteiger partial charge in [0.25, 0.3) is 0 Å². The van der Waals surface area contributed by atoms with E-state index in [9.17, 15) is 4.79 Å². The number of nitrogen functional groups attached to an aromatic ring is 1. The van der Waals surface area contributed by atoms with Gasteiger partial charge in [-0.15, -0.1) is 11.3 Å². The van der Waals surface area contributed by atoms with Gasteiger partial charge in [0.05, 0.1) is 5.75 Å². The molecule has 1 heterocycles. The van der Waals surface area contributed by atoms with Gasteiger partial charge in [-0.05, 0) is 31.2 Å². The van der Waals surface area contributed by atoms with E-state index in [0.29, 0.717) is 11.4 Å². The Labute approximate surface area is 114 Å². The zero-order valence-corrected chi connectivity index (χ0v) is 11.5. The quantitative estimate of drug-likeness (QED) is 0.667. The average Bonchev–Trinajstić information content (AvgIpc) is 2.76. The highest BCUT2D eigenvalue weighted by molar-refractivity contribution is 8.01. The number of anilines is 2. The summed E-state index contributed by atoms with van der Waals surface area (Å²) in [5.74, 6) is 0.315. The molecule has 0 saturated heterocycles. The molecule has 1 amide bonds. The second-order valence-electron chi connectivity index (χ2n) is 3.71. The smallest absolute Gasteiger partial charge is 0.234 e. The van der Waals surface area contributed by atoms with E-state index in [2.05, 4.69) is 10.3 Å². The first kappa shape index (κ1) is 12.9. The van der Waals surface area contributed by atoms with Crippen molar-refractivity contribution in [1.82, 2.24) is 4.98 Å². The van der Waals surface area contributed by atoms with Gasteiger partial charge in [-0.2, -0.15) is 0 Å². The SMILES string of the molecule is Cc1csc(SCC(=O)Nc2ccc(N)cc2)n1. The molecular weight excluding hydrogens is 266 g/mol. The maximum atomic E-state index is 11.7. The summed E-state index contributed by atoms with van der Waals surface area (Å²) in [6, 6.07) is 7.08. The first-order valence-electron chi connectivity index (χ1n) is 5.34. The summed E-state index contributed by atoms with van der Waals surface area (Å²) in [6.07, 6.45) is 0. The average molecular weight is 279 g/mol. The van der Waals surface area contributed by atoms with E-state index in [-0.39, 0.29) is 5.91 Å². The Morgan fingerprint density at radius 1 is 1.44 bits per heavy atom. The monoisotopic (exact) mass is 279 g/mol. The molecular formula is C12H13N3OS2. The molecule has 0 aliphatic carbocycles. The van der Waals surface area contributed by atoms with Crippen molar-refractivity contribution in [1.29, 1.82) is 0 Å². The molecule has 0 bridgehead atoms. The van der Waals surface area contributed by atoms with Crippen LogP contribution in [0.3, 0.4) is 0 Å². The molecule has 2 rings (SSSR count).